The SMILES string of the molecule is C=CC1C=CC(c2ccc(C3C=CC(C(O)OC(CCC(C)C(=C)OC)C(=C)F)CC3)c(F)c2F)=CC1. The molecule has 0 spiro atoms. The number of hydrogen-bond donors (Lipinski definition) is 1. The summed E-state index contributed by atoms with van der Waals surface area (Å²) in [5.74, 6) is -2.32. The lowest BCUT2D eigenvalue weighted by atomic mass is 9.83. The zero-order valence-corrected chi connectivity index (χ0v) is 21.6. The van der Waals surface area contributed by atoms with Gasteiger partial charge in [0.25, 0.3) is 0 Å². The van der Waals surface area contributed by atoms with Gasteiger partial charge in [0.2, 0.25) is 0 Å². The molecule has 1 N–H and O–H groups in total. The van der Waals surface area contributed by atoms with Gasteiger partial charge in [-0.15, -0.1) is 6.58 Å². The van der Waals surface area contributed by atoms with Gasteiger partial charge < -0.3 is 14.6 Å². The summed E-state index contributed by atoms with van der Waals surface area (Å²) >= 11 is 0. The maximum atomic E-state index is 15.1. The van der Waals surface area contributed by atoms with Gasteiger partial charge in [-0.1, -0.05) is 68.7 Å². The van der Waals surface area contributed by atoms with E-state index < -0.39 is 35.8 Å². The van der Waals surface area contributed by atoms with Crippen LogP contribution in [-0.2, 0) is 9.47 Å². The largest absolute Gasteiger partial charge is 0.501 e. The van der Waals surface area contributed by atoms with Crippen molar-refractivity contribution < 1.29 is 27.8 Å². The standard InChI is InChI=1S/C31H37F3O3/c1-6-22-8-10-23(11-9-22)26-16-17-27(30(34)29(26)33)24-12-14-25(15-13-24)31(35)37-28(20(3)32)18-7-19(2)21(4)36-5/h6,8,10-12,14,16-17,19,22,24-25,28,31,35H,1,3-4,7,9,13,15,18H2,2,5H3. The molecule has 200 valence electrons. The van der Waals surface area contributed by atoms with Crippen molar-refractivity contribution in [3.8, 4) is 0 Å². The number of benzene rings is 1. The highest BCUT2D eigenvalue weighted by molar-refractivity contribution is 5.75. The zero-order chi connectivity index (χ0) is 27.1. The van der Waals surface area contributed by atoms with E-state index in [0.29, 0.717) is 43.4 Å². The molecule has 0 saturated carbocycles. The Bertz CT molecular complexity index is 1090. The van der Waals surface area contributed by atoms with Gasteiger partial charge in [-0.25, -0.2) is 13.2 Å². The summed E-state index contributed by atoms with van der Waals surface area (Å²) in [4.78, 5) is 0. The maximum absolute atomic E-state index is 15.1. The lowest BCUT2D eigenvalue weighted by Crippen LogP contribution is -2.30. The minimum absolute atomic E-state index is 0.000838. The predicted molar refractivity (Wildman–Crippen MR) is 142 cm³/mol. The third kappa shape index (κ3) is 7.14. The van der Waals surface area contributed by atoms with Gasteiger partial charge in [0, 0.05) is 23.3 Å². The average molecular weight is 515 g/mol. The normalized spacial score (nSPS) is 23.6. The molecule has 3 rings (SSSR count). The van der Waals surface area contributed by atoms with Crippen LogP contribution in [0.5, 0.6) is 0 Å². The van der Waals surface area contributed by atoms with Crippen LogP contribution >= 0.6 is 0 Å². The Balaban J connectivity index is 1.64. The van der Waals surface area contributed by atoms with Crippen molar-refractivity contribution in [3.05, 3.63) is 103 Å². The van der Waals surface area contributed by atoms with E-state index in [1.54, 1.807) is 30.4 Å². The quantitative estimate of drug-likeness (QED) is 0.175. The van der Waals surface area contributed by atoms with Crippen LogP contribution in [0.15, 0.2) is 79.9 Å². The van der Waals surface area contributed by atoms with E-state index in [1.807, 2.05) is 25.2 Å². The summed E-state index contributed by atoms with van der Waals surface area (Å²) in [6.45, 7) is 12.8. The average Bonchev–Trinajstić information content (AvgIpc) is 2.91. The Morgan fingerprint density at radius 3 is 2.46 bits per heavy atom. The summed E-state index contributed by atoms with van der Waals surface area (Å²) in [7, 11) is 1.53. The fraction of sp³-hybridized carbons (Fsp3) is 0.419. The Kier molecular flexibility index (Phi) is 10.2. The number of methoxy groups -OCH3 is 1. The van der Waals surface area contributed by atoms with Crippen molar-refractivity contribution in [2.45, 2.75) is 57.3 Å². The molecule has 0 aliphatic heterocycles. The minimum atomic E-state index is -1.25. The summed E-state index contributed by atoms with van der Waals surface area (Å²) in [5, 5.41) is 10.6. The first-order valence-corrected chi connectivity index (χ1v) is 12.7. The van der Waals surface area contributed by atoms with Crippen LogP contribution in [0.2, 0.25) is 0 Å². The number of aliphatic hydroxyl groups excluding tert-OH is 1. The van der Waals surface area contributed by atoms with E-state index in [-0.39, 0.29) is 28.9 Å². The molecule has 0 aromatic heterocycles. The second-order valence-corrected chi connectivity index (χ2v) is 9.83. The van der Waals surface area contributed by atoms with Crippen LogP contribution in [0.3, 0.4) is 0 Å². The van der Waals surface area contributed by atoms with Crippen LogP contribution in [0.1, 0.15) is 56.1 Å². The van der Waals surface area contributed by atoms with Gasteiger partial charge in [-0.05, 0) is 49.2 Å². The monoisotopic (exact) mass is 514 g/mol. The van der Waals surface area contributed by atoms with Crippen LogP contribution in [0.25, 0.3) is 5.57 Å². The molecular formula is C31H37F3O3. The van der Waals surface area contributed by atoms with Gasteiger partial charge in [0.1, 0.15) is 11.9 Å². The van der Waals surface area contributed by atoms with Crippen molar-refractivity contribution in [1.82, 2.24) is 0 Å². The number of halogens is 3. The molecule has 37 heavy (non-hydrogen) atoms. The fourth-order valence-corrected chi connectivity index (χ4v) is 4.75. The molecular weight excluding hydrogens is 477 g/mol. The second kappa shape index (κ2) is 13.1. The zero-order valence-electron chi connectivity index (χ0n) is 21.6. The Labute approximate surface area is 218 Å². The molecule has 6 atom stereocenters. The highest BCUT2D eigenvalue weighted by Gasteiger charge is 2.29. The molecule has 0 saturated heterocycles. The van der Waals surface area contributed by atoms with E-state index in [4.69, 9.17) is 9.47 Å². The molecule has 0 fully saturated rings. The fourth-order valence-electron chi connectivity index (χ4n) is 4.75. The minimum Gasteiger partial charge on any atom is -0.501 e. The molecule has 6 unspecified atom stereocenters. The Hall–Kier alpha value is -2.83. The highest BCUT2D eigenvalue weighted by atomic mass is 19.2. The molecule has 0 heterocycles. The van der Waals surface area contributed by atoms with Crippen LogP contribution in [0.4, 0.5) is 13.2 Å². The first-order chi connectivity index (χ1) is 17.7. The molecule has 0 bridgehead atoms. The van der Waals surface area contributed by atoms with E-state index >= 15 is 4.39 Å². The van der Waals surface area contributed by atoms with Crippen molar-refractivity contribution in [1.29, 1.82) is 0 Å². The van der Waals surface area contributed by atoms with Crippen LogP contribution in [-0.4, -0.2) is 24.6 Å². The molecule has 0 radical (unpaired) electrons. The number of allylic oxidation sites excluding steroid dienone is 7. The van der Waals surface area contributed by atoms with E-state index in [2.05, 4.69) is 19.7 Å². The van der Waals surface area contributed by atoms with E-state index in [9.17, 15) is 13.9 Å². The number of ether oxygens (including phenoxy) is 2. The highest BCUT2D eigenvalue weighted by Crippen LogP contribution is 2.37. The summed E-state index contributed by atoms with van der Waals surface area (Å²) in [5.41, 5.74) is 1.17. The smallest absolute Gasteiger partial charge is 0.166 e. The lowest BCUT2D eigenvalue weighted by molar-refractivity contribution is -0.155. The number of rotatable bonds is 12. The second-order valence-electron chi connectivity index (χ2n) is 9.83. The third-order valence-electron chi connectivity index (χ3n) is 7.35. The third-order valence-corrected chi connectivity index (χ3v) is 7.35. The van der Waals surface area contributed by atoms with Crippen molar-refractivity contribution in [2.75, 3.05) is 7.11 Å². The number of hydrogen-bond acceptors (Lipinski definition) is 3. The van der Waals surface area contributed by atoms with Gasteiger partial charge in [0.15, 0.2) is 17.9 Å². The predicted octanol–water partition coefficient (Wildman–Crippen LogP) is 7.92. The van der Waals surface area contributed by atoms with E-state index in [1.165, 1.54) is 7.11 Å². The molecule has 2 aliphatic carbocycles. The lowest BCUT2D eigenvalue weighted by Gasteiger charge is -2.29. The topological polar surface area (TPSA) is 38.7 Å². The molecule has 1 aromatic carbocycles. The van der Waals surface area contributed by atoms with Gasteiger partial charge >= 0.3 is 0 Å². The molecule has 2 aliphatic rings. The summed E-state index contributed by atoms with van der Waals surface area (Å²) in [6, 6.07) is 3.25. The van der Waals surface area contributed by atoms with Crippen LogP contribution < -0.4 is 0 Å². The Morgan fingerprint density at radius 2 is 1.89 bits per heavy atom. The van der Waals surface area contributed by atoms with Gasteiger partial charge in [-0.3, -0.25) is 0 Å². The van der Waals surface area contributed by atoms with Crippen molar-refractivity contribution in [2.24, 2.45) is 17.8 Å². The van der Waals surface area contributed by atoms with E-state index in [0.717, 1.165) is 0 Å². The van der Waals surface area contributed by atoms with Gasteiger partial charge in [0.05, 0.1) is 12.9 Å². The summed E-state index contributed by atoms with van der Waals surface area (Å²) < 4.78 is 54.8. The first kappa shape index (κ1) is 28.7. The Morgan fingerprint density at radius 1 is 1.14 bits per heavy atom. The van der Waals surface area contributed by atoms with Crippen LogP contribution in [0, 0.1) is 29.4 Å². The summed E-state index contributed by atoms with van der Waals surface area (Å²) in [6.07, 6.45) is 11.3. The first-order valence-electron chi connectivity index (χ1n) is 12.7. The van der Waals surface area contributed by atoms with Crippen molar-refractivity contribution in [3.63, 3.8) is 0 Å². The molecule has 3 nitrogen and oxygen atoms in total. The molecule has 6 heteroatoms. The van der Waals surface area contributed by atoms with Gasteiger partial charge in [-0.2, -0.15) is 0 Å². The molecule has 1 aromatic rings. The number of aliphatic hydroxyl groups is 1. The maximum Gasteiger partial charge on any atom is 0.166 e. The molecule has 0 amide bonds. The van der Waals surface area contributed by atoms with Crippen molar-refractivity contribution >= 4 is 5.57 Å².